The predicted molar refractivity (Wildman–Crippen MR) is 118 cm³/mol. The topological polar surface area (TPSA) is 82.9 Å². The fourth-order valence-corrected chi connectivity index (χ4v) is 2.73. The Morgan fingerprint density at radius 2 is 1.00 bits per heavy atom. The SMILES string of the molecule is CCCCCCCC=NNC(=O)CCCCC(=O)NN=CCCCCCCC. The largest absolute Gasteiger partial charge is 0.273 e. The molecule has 0 radical (unpaired) electrons. The number of carbonyl (C=O) groups excluding carboxylic acids is 2. The summed E-state index contributed by atoms with van der Waals surface area (Å²) in [5.41, 5.74) is 5.09. The maximum absolute atomic E-state index is 11.7. The van der Waals surface area contributed by atoms with E-state index in [0.29, 0.717) is 25.7 Å². The fraction of sp³-hybridized carbons (Fsp3) is 0.818. The summed E-state index contributed by atoms with van der Waals surface area (Å²) < 4.78 is 0. The van der Waals surface area contributed by atoms with Crippen molar-refractivity contribution in [2.45, 2.75) is 117 Å². The van der Waals surface area contributed by atoms with Gasteiger partial charge in [-0.15, -0.1) is 0 Å². The summed E-state index contributed by atoms with van der Waals surface area (Å²) in [6, 6.07) is 0. The number of rotatable bonds is 19. The molecule has 0 spiro atoms. The zero-order valence-corrected chi connectivity index (χ0v) is 18.2. The van der Waals surface area contributed by atoms with Gasteiger partial charge in [0.15, 0.2) is 0 Å². The molecule has 0 aromatic heterocycles. The van der Waals surface area contributed by atoms with Gasteiger partial charge in [-0.2, -0.15) is 10.2 Å². The highest BCUT2D eigenvalue weighted by Gasteiger charge is 2.02. The Morgan fingerprint density at radius 1 is 0.607 bits per heavy atom. The Kier molecular flexibility index (Phi) is 20.3. The number of hydrogen-bond donors (Lipinski definition) is 2. The van der Waals surface area contributed by atoms with Gasteiger partial charge in [-0.3, -0.25) is 9.59 Å². The minimum absolute atomic E-state index is 0.0938. The van der Waals surface area contributed by atoms with Crippen LogP contribution < -0.4 is 10.9 Å². The lowest BCUT2D eigenvalue weighted by Gasteiger charge is -2.01. The standard InChI is InChI=1S/C22H42N4O2/c1-3-5-7-9-11-15-19-23-25-21(27)17-13-14-18-22(28)26-24-20-16-12-10-8-6-4-2/h19-20H,3-18H2,1-2H3,(H,25,27)(H,26,28). The molecule has 0 heterocycles. The summed E-state index contributed by atoms with van der Waals surface area (Å²) >= 11 is 0. The highest BCUT2D eigenvalue weighted by molar-refractivity contribution is 5.77. The number of carbonyl (C=O) groups is 2. The first-order chi connectivity index (χ1) is 13.7. The predicted octanol–water partition coefficient (Wildman–Crippen LogP) is 5.47. The minimum atomic E-state index is -0.0938. The number of hydrazone groups is 2. The van der Waals surface area contributed by atoms with E-state index < -0.39 is 0 Å². The van der Waals surface area contributed by atoms with Gasteiger partial charge in [0.25, 0.3) is 0 Å². The van der Waals surface area contributed by atoms with Crippen LogP contribution >= 0.6 is 0 Å². The summed E-state index contributed by atoms with van der Waals surface area (Å²) in [5.74, 6) is -0.188. The molecule has 0 fully saturated rings. The lowest BCUT2D eigenvalue weighted by molar-refractivity contribution is -0.123. The van der Waals surface area contributed by atoms with Crippen LogP contribution in [0.4, 0.5) is 0 Å². The van der Waals surface area contributed by atoms with Crippen LogP contribution in [0.5, 0.6) is 0 Å². The lowest BCUT2D eigenvalue weighted by atomic mass is 10.1. The molecule has 162 valence electrons. The zero-order chi connectivity index (χ0) is 20.7. The molecular weight excluding hydrogens is 352 g/mol. The zero-order valence-electron chi connectivity index (χ0n) is 18.2. The van der Waals surface area contributed by atoms with Crippen LogP contribution in [0.1, 0.15) is 117 Å². The molecule has 0 aromatic rings. The third-order valence-electron chi connectivity index (χ3n) is 4.49. The van der Waals surface area contributed by atoms with Crippen LogP contribution in [0.15, 0.2) is 10.2 Å². The van der Waals surface area contributed by atoms with Gasteiger partial charge < -0.3 is 0 Å². The number of amides is 2. The van der Waals surface area contributed by atoms with Crippen molar-refractivity contribution in [1.82, 2.24) is 10.9 Å². The molecule has 28 heavy (non-hydrogen) atoms. The first-order valence-corrected chi connectivity index (χ1v) is 11.3. The first kappa shape index (κ1) is 26.3. The van der Waals surface area contributed by atoms with E-state index in [1.165, 1.54) is 51.4 Å². The van der Waals surface area contributed by atoms with Gasteiger partial charge in [0.2, 0.25) is 11.8 Å². The molecule has 6 nitrogen and oxygen atoms in total. The second-order valence-corrected chi connectivity index (χ2v) is 7.31. The van der Waals surface area contributed by atoms with Crippen LogP contribution in [0.2, 0.25) is 0 Å². The molecule has 6 heteroatoms. The maximum Gasteiger partial charge on any atom is 0.240 e. The van der Waals surface area contributed by atoms with Crippen molar-refractivity contribution in [2.24, 2.45) is 10.2 Å². The summed E-state index contributed by atoms with van der Waals surface area (Å²) in [7, 11) is 0. The van der Waals surface area contributed by atoms with Gasteiger partial charge in [-0.1, -0.05) is 65.2 Å². The Bertz CT molecular complexity index is 396. The molecule has 0 unspecified atom stereocenters. The monoisotopic (exact) mass is 394 g/mol. The molecule has 0 aliphatic rings. The van der Waals surface area contributed by atoms with E-state index >= 15 is 0 Å². The van der Waals surface area contributed by atoms with E-state index in [-0.39, 0.29) is 11.8 Å². The minimum Gasteiger partial charge on any atom is -0.273 e. The molecule has 0 atom stereocenters. The third-order valence-corrected chi connectivity index (χ3v) is 4.49. The van der Waals surface area contributed by atoms with E-state index in [4.69, 9.17) is 0 Å². The molecule has 0 aromatic carbocycles. The Hall–Kier alpha value is -1.72. The van der Waals surface area contributed by atoms with Crippen molar-refractivity contribution in [3.8, 4) is 0 Å². The lowest BCUT2D eigenvalue weighted by Crippen LogP contribution is -2.18. The van der Waals surface area contributed by atoms with Gasteiger partial charge in [0.05, 0.1) is 0 Å². The number of nitrogens with one attached hydrogen (secondary N) is 2. The van der Waals surface area contributed by atoms with E-state index in [1.807, 2.05) is 0 Å². The summed E-state index contributed by atoms with van der Waals surface area (Å²) in [6.45, 7) is 4.41. The van der Waals surface area contributed by atoms with Gasteiger partial charge in [0.1, 0.15) is 0 Å². The van der Waals surface area contributed by atoms with Crippen LogP contribution in [-0.2, 0) is 9.59 Å². The highest BCUT2D eigenvalue weighted by Crippen LogP contribution is 2.04. The Morgan fingerprint density at radius 3 is 1.39 bits per heavy atom. The molecular formula is C22H42N4O2. The average Bonchev–Trinajstić information content (AvgIpc) is 2.69. The molecule has 0 aliphatic carbocycles. The Balaban J connectivity index is 3.47. The normalized spacial score (nSPS) is 11.4. The quantitative estimate of drug-likeness (QED) is 0.173. The van der Waals surface area contributed by atoms with Crippen LogP contribution in [0.3, 0.4) is 0 Å². The molecule has 2 N–H and O–H groups in total. The molecule has 0 saturated carbocycles. The van der Waals surface area contributed by atoms with Gasteiger partial charge in [-0.25, -0.2) is 10.9 Å². The van der Waals surface area contributed by atoms with Crippen molar-refractivity contribution >= 4 is 24.2 Å². The van der Waals surface area contributed by atoms with E-state index in [0.717, 1.165) is 25.7 Å². The van der Waals surface area contributed by atoms with E-state index in [9.17, 15) is 9.59 Å². The summed E-state index contributed by atoms with van der Waals surface area (Å²) in [5, 5.41) is 7.92. The van der Waals surface area contributed by atoms with E-state index in [2.05, 4.69) is 34.9 Å². The van der Waals surface area contributed by atoms with Crippen LogP contribution in [0.25, 0.3) is 0 Å². The number of nitrogens with zero attached hydrogens (tertiary/aromatic N) is 2. The van der Waals surface area contributed by atoms with Crippen molar-refractivity contribution in [2.75, 3.05) is 0 Å². The maximum atomic E-state index is 11.7. The van der Waals surface area contributed by atoms with Gasteiger partial charge in [-0.05, 0) is 38.5 Å². The molecule has 0 bridgehead atoms. The highest BCUT2D eigenvalue weighted by atomic mass is 16.2. The molecule has 0 saturated heterocycles. The average molecular weight is 395 g/mol. The fourth-order valence-electron chi connectivity index (χ4n) is 2.73. The van der Waals surface area contributed by atoms with Crippen LogP contribution in [-0.4, -0.2) is 24.2 Å². The van der Waals surface area contributed by atoms with Crippen molar-refractivity contribution in [3.05, 3.63) is 0 Å². The summed E-state index contributed by atoms with van der Waals surface area (Å²) in [6.07, 6.45) is 19.8. The van der Waals surface area contributed by atoms with E-state index in [1.54, 1.807) is 12.4 Å². The van der Waals surface area contributed by atoms with Crippen LogP contribution in [0, 0.1) is 0 Å². The number of hydrogen-bond acceptors (Lipinski definition) is 4. The number of unbranched alkanes of at least 4 members (excludes halogenated alkanes) is 11. The summed E-state index contributed by atoms with van der Waals surface area (Å²) in [4.78, 5) is 23.3. The second-order valence-electron chi connectivity index (χ2n) is 7.31. The molecule has 0 rings (SSSR count). The third kappa shape index (κ3) is 20.6. The Labute approximate surface area is 172 Å². The van der Waals surface area contributed by atoms with Gasteiger partial charge >= 0.3 is 0 Å². The molecule has 2 amide bonds. The van der Waals surface area contributed by atoms with Crippen molar-refractivity contribution in [1.29, 1.82) is 0 Å². The van der Waals surface area contributed by atoms with Gasteiger partial charge in [0, 0.05) is 25.3 Å². The second kappa shape index (κ2) is 21.6. The van der Waals surface area contributed by atoms with Crippen molar-refractivity contribution in [3.63, 3.8) is 0 Å². The first-order valence-electron chi connectivity index (χ1n) is 11.3. The van der Waals surface area contributed by atoms with Crippen molar-refractivity contribution < 1.29 is 9.59 Å². The molecule has 0 aliphatic heterocycles. The smallest absolute Gasteiger partial charge is 0.240 e.